The zero-order chi connectivity index (χ0) is 14.1. The summed E-state index contributed by atoms with van der Waals surface area (Å²) in [5, 5.41) is 0. The smallest absolute Gasteiger partial charge is 0.161 e. The van der Waals surface area contributed by atoms with E-state index in [4.69, 9.17) is 21.1 Å². The Bertz CT molecular complexity index is 614. The van der Waals surface area contributed by atoms with Crippen LogP contribution in [0.25, 0.3) is 0 Å². The summed E-state index contributed by atoms with van der Waals surface area (Å²) >= 11 is 11.3. The molecule has 3 rings (SSSR count). The van der Waals surface area contributed by atoms with E-state index in [0.29, 0.717) is 19.1 Å². The molecule has 2 unspecified atom stereocenters. The van der Waals surface area contributed by atoms with Gasteiger partial charge in [0.05, 0.1) is 22.4 Å². The first-order valence-electron chi connectivity index (χ1n) is 6.42. The van der Waals surface area contributed by atoms with Gasteiger partial charge in [-0.3, -0.25) is 0 Å². The summed E-state index contributed by atoms with van der Waals surface area (Å²) in [5.41, 5.74) is 1.14. The van der Waals surface area contributed by atoms with Gasteiger partial charge in [-0.15, -0.1) is 11.3 Å². The lowest BCUT2D eigenvalue weighted by Gasteiger charge is -2.12. The van der Waals surface area contributed by atoms with E-state index >= 15 is 0 Å². The van der Waals surface area contributed by atoms with Gasteiger partial charge in [0.1, 0.15) is 0 Å². The highest BCUT2D eigenvalue weighted by Gasteiger charge is 2.19. The number of thiophene rings is 1. The second-order valence-electron chi connectivity index (χ2n) is 4.94. The van der Waals surface area contributed by atoms with Gasteiger partial charge in [0.15, 0.2) is 11.5 Å². The van der Waals surface area contributed by atoms with Crippen molar-refractivity contribution in [2.75, 3.05) is 13.2 Å². The second kappa shape index (κ2) is 5.96. The van der Waals surface area contributed by atoms with E-state index in [9.17, 15) is 0 Å². The van der Waals surface area contributed by atoms with Crippen LogP contribution in [0, 0.1) is 5.92 Å². The van der Waals surface area contributed by atoms with E-state index in [1.54, 1.807) is 11.3 Å². The van der Waals surface area contributed by atoms with Crippen molar-refractivity contribution in [2.45, 2.75) is 11.8 Å². The summed E-state index contributed by atoms with van der Waals surface area (Å²) in [5.74, 6) is 2.04. The maximum absolute atomic E-state index is 6.00. The number of hydrogen-bond donors (Lipinski definition) is 0. The Labute approximate surface area is 135 Å². The Hall–Kier alpha value is -0.710. The van der Waals surface area contributed by atoms with Crippen LogP contribution in [0.15, 0.2) is 30.3 Å². The van der Waals surface area contributed by atoms with Gasteiger partial charge in [-0.25, -0.2) is 0 Å². The average Bonchev–Trinajstić information content (AvgIpc) is 2.80. The number of fused-ring (bicyclic) bond motifs is 1. The van der Waals surface area contributed by atoms with Gasteiger partial charge in [-0.1, -0.05) is 40.5 Å². The highest BCUT2D eigenvalue weighted by molar-refractivity contribution is 9.09. The Morgan fingerprint density at radius 2 is 1.95 bits per heavy atom. The van der Waals surface area contributed by atoms with Crippen LogP contribution in [-0.4, -0.2) is 13.2 Å². The number of ether oxygens (including phenoxy) is 2. The van der Waals surface area contributed by atoms with Crippen molar-refractivity contribution in [2.24, 2.45) is 5.92 Å². The van der Waals surface area contributed by atoms with E-state index in [2.05, 4.69) is 28.9 Å². The molecule has 2 heterocycles. The van der Waals surface area contributed by atoms with Crippen LogP contribution in [0.3, 0.4) is 0 Å². The molecule has 0 spiro atoms. The quantitative estimate of drug-likeness (QED) is 0.666. The zero-order valence-electron chi connectivity index (χ0n) is 10.9. The minimum Gasteiger partial charge on any atom is -0.489 e. The molecule has 0 saturated carbocycles. The average molecular weight is 374 g/mol. The summed E-state index contributed by atoms with van der Waals surface area (Å²) in [6.07, 6.45) is 0. The maximum Gasteiger partial charge on any atom is 0.161 e. The fourth-order valence-electron chi connectivity index (χ4n) is 2.06. The molecule has 1 aliphatic rings. The van der Waals surface area contributed by atoms with Crippen molar-refractivity contribution < 1.29 is 9.47 Å². The molecular formula is C15H14BrClO2S. The fraction of sp³-hybridized carbons (Fsp3) is 0.333. The van der Waals surface area contributed by atoms with Crippen LogP contribution in [0.1, 0.15) is 22.2 Å². The van der Waals surface area contributed by atoms with Crippen molar-refractivity contribution >= 4 is 38.9 Å². The Balaban J connectivity index is 1.88. The lowest BCUT2D eigenvalue weighted by molar-refractivity contribution is 0.228. The highest BCUT2D eigenvalue weighted by Crippen LogP contribution is 2.40. The van der Waals surface area contributed by atoms with Crippen LogP contribution in [-0.2, 0) is 0 Å². The predicted molar refractivity (Wildman–Crippen MR) is 86.7 cm³/mol. The number of alkyl halides is 1. The van der Waals surface area contributed by atoms with Crippen LogP contribution in [0.2, 0.25) is 4.34 Å². The molecule has 20 heavy (non-hydrogen) atoms. The number of rotatable bonds is 2. The van der Waals surface area contributed by atoms with Crippen LogP contribution < -0.4 is 9.47 Å². The SMILES string of the molecule is CC1COc2ccc(C(Br)c3ccc(Cl)s3)cc2OC1. The highest BCUT2D eigenvalue weighted by atomic mass is 79.9. The molecule has 0 fully saturated rings. The predicted octanol–water partition coefficient (Wildman–Crippen LogP) is 5.29. The molecule has 0 aliphatic carbocycles. The van der Waals surface area contributed by atoms with Crippen LogP contribution in [0.5, 0.6) is 11.5 Å². The molecule has 0 N–H and O–H groups in total. The molecule has 1 aromatic carbocycles. The van der Waals surface area contributed by atoms with E-state index < -0.39 is 0 Å². The molecule has 0 saturated heterocycles. The first-order valence-corrected chi connectivity index (χ1v) is 8.53. The largest absolute Gasteiger partial charge is 0.489 e. The standard InChI is InChI=1S/C15H14BrClO2S/c1-9-7-18-11-3-2-10(6-12(11)19-8-9)15(16)13-4-5-14(17)20-13/h2-6,9,15H,7-8H2,1H3. The van der Waals surface area contributed by atoms with Crippen molar-refractivity contribution in [1.29, 1.82) is 0 Å². The van der Waals surface area contributed by atoms with Crippen molar-refractivity contribution in [3.05, 3.63) is 45.1 Å². The van der Waals surface area contributed by atoms with Gasteiger partial charge in [0.2, 0.25) is 0 Å². The number of halogens is 2. The number of benzene rings is 1. The molecular weight excluding hydrogens is 360 g/mol. The first-order chi connectivity index (χ1) is 9.63. The van der Waals surface area contributed by atoms with E-state index in [0.717, 1.165) is 21.4 Å². The molecule has 2 aromatic rings. The van der Waals surface area contributed by atoms with Crippen molar-refractivity contribution in [3.8, 4) is 11.5 Å². The molecule has 0 radical (unpaired) electrons. The third kappa shape index (κ3) is 2.97. The Morgan fingerprint density at radius 3 is 2.65 bits per heavy atom. The van der Waals surface area contributed by atoms with Gasteiger partial charge >= 0.3 is 0 Å². The zero-order valence-corrected chi connectivity index (χ0v) is 14.1. The maximum atomic E-state index is 6.00. The molecule has 2 nitrogen and oxygen atoms in total. The summed E-state index contributed by atoms with van der Waals surface area (Å²) < 4.78 is 12.4. The van der Waals surface area contributed by atoms with Gasteiger partial charge in [-0.2, -0.15) is 0 Å². The first kappa shape index (κ1) is 14.2. The molecule has 0 bridgehead atoms. The molecule has 1 aliphatic heterocycles. The van der Waals surface area contributed by atoms with Crippen LogP contribution in [0.4, 0.5) is 0 Å². The lowest BCUT2D eigenvalue weighted by atomic mass is 10.1. The topological polar surface area (TPSA) is 18.5 Å². The van der Waals surface area contributed by atoms with E-state index in [-0.39, 0.29) is 4.83 Å². The lowest BCUT2D eigenvalue weighted by Crippen LogP contribution is -2.12. The molecule has 0 amide bonds. The van der Waals surface area contributed by atoms with Gasteiger partial charge in [0, 0.05) is 10.8 Å². The third-order valence-corrected chi connectivity index (χ3v) is 5.77. The minimum atomic E-state index is 0.120. The second-order valence-corrected chi connectivity index (χ2v) is 7.60. The van der Waals surface area contributed by atoms with E-state index in [1.165, 1.54) is 4.88 Å². The van der Waals surface area contributed by atoms with Crippen molar-refractivity contribution in [1.82, 2.24) is 0 Å². The summed E-state index contributed by atoms with van der Waals surface area (Å²) in [6, 6.07) is 10.0. The van der Waals surface area contributed by atoms with Crippen LogP contribution >= 0.6 is 38.9 Å². The van der Waals surface area contributed by atoms with Gasteiger partial charge in [0.25, 0.3) is 0 Å². The molecule has 1 aromatic heterocycles. The monoisotopic (exact) mass is 372 g/mol. The van der Waals surface area contributed by atoms with Gasteiger partial charge < -0.3 is 9.47 Å². The Morgan fingerprint density at radius 1 is 1.20 bits per heavy atom. The minimum absolute atomic E-state index is 0.120. The molecule has 5 heteroatoms. The number of hydrogen-bond acceptors (Lipinski definition) is 3. The summed E-state index contributed by atoms with van der Waals surface area (Å²) in [4.78, 5) is 1.30. The fourth-order valence-corrected chi connectivity index (χ4v) is 3.84. The normalized spacial score (nSPS) is 19.4. The third-order valence-electron chi connectivity index (χ3n) is 3.15. The summed E-state index contributed by atoms with van der Waals surface area (Å²) in [7, 11) is 0. The van der Waals surface area contributed by atoms with Crippen molar-refractivity contribution in [3.63, 3.8) is 0 Å². The molecule has 106 valence electrons. The van der Waals surface area contributed by atoms with Gasteiger partial charge in [-0.05, 0) is 29.8 Å². The Kier molecular flexibility index (Phi) is 4.24. The molecule has 2 atom stereocenters. The summed E-state index contributed by atoms with van der Waals surface area (Å²) in [6.45, 7) is 3.51. The van der Waals surface area contributed by atoms with E-state index in [1.807, 2.05) is 24.3 Å².